The van der Waals surface area contributed by atoms with Crippen molar-refractivity contribution in [3.63, 3.8) is 0 Å². The maximum atomic E-state index is 12.5. The molecule has 0 aromatic heterocycles. The smallest absolute Gasteiger partial charge is 0.253 e. The van der Waals surface area contributed by atoms with Crippen LogP contribution in [0.15, 0.2) is 24.3 Å². The molecule has 1 aliphatic rings. The van der Waals surface area contributed by atoms with Crippen molar-refractivity contribution in [3.05, 3.63) is 29.8 Å². The van der Waals surface area contributed by atoms with Crippen molar-refractivity contribution in [2.75, 3.05) is 18.4 Å². The number of nitrogens with two attached hydrogens (primary N) is 1. The molecule has 0 unspecified atom stereocenters. The largest absolute Gasteiger partial charge is 0.352 e. The van der Waals surface area contributed by atoms with Crippen LogP contribution >= 0.6 is 0 Å². The molecule has 2 amide bonds. The molecule has 1 aromatic rings. The second kappa shape index (κ2) is 8.11. The SMILES string of the molecule is CC(C)CNC(=O)c1ccccc1NC(=O)[C@@H]1CCC[C@@H]1CN. The molecule has 5 heteroatoms. The second-order valence-electron chi connectivity index (χ2n) is 6.67. The lowest BCUT2D eigenvalue weighted by molar-refractivity contribution is -0.120. The Morgan fingerprint density at radius 2 is 2.00 bits per heavy atom. The van der Waals surface area contributed by atoms with E-state index in [1.54, 1.807) is 18.2 Å². The highest BCUT2D eigenvalue weighted by Crippen LogP contribution is 2.32. The van der Waals surface area contributed by atoms with Gasteiger partial charge in [-0.3, -0.25) is 9.59 Å². The van der Waals surface area contributed by atoms with E-state index >= 15 is 0 Å². The molecular weight excluding hydrogens is 290 g/mol. The summed E-state index contributed by atoms with van der Waals surface area (Å²) in [6, 6.07) is 7.14. The van der Waals surface area contributed by atoms with Crippen molar-refractivity contribution in [2.24, 2.45) is 23.5 Å². The van der Waals surface area contributed by atoms with Gasteiger partial charge >= 0.3 is 0 Å². The minimum atomic E-state index is -0.156. The van der Waals surface area contributed by atoms with Gasteiger partial charge in [-0.15, -0.1) is 0 Å². The Kier molecular flexibility index (Phi) is 6.16. The lowest BCUT2D eigenvalue weighted by atomic mass is 9.95. The summed E-state index contributed by atoms with van der Waals surface area (Å²) in [5.74, 6) is 0.395. The summed E-state index contributed by atoms with van der Waals surface area (Å²) in [4.78, 5) is 24.8. The molecular formula is C18H27N3O2. The maximum Gasteiger partial charge on any atom is 0.253 e. The standard InChI is InChI=1S/C18H27N3O2/c1-12(2)11-20-17(22)15-7-3-4-9-16(15)21-18(23)14-8-5-6-13(14)10-19/h3-4,7,9,12-14H,5-6,8,10-11,19H2,1-2H3,(H,20,22)(H,21,23)/t13-,14-/m1/s1. The van der Waals surface area contributed by atoms with E-state index in [0.717, 1.165) is 19.3 Å². The first-order valence-corrected chi connectivity index (χ1v) is 8.41. The van der Waals surface area contributed by atoms with Crippen LogP contribution in [0.5, 0.6) is 0 Å². The fourth-order valence-electron chi connectivity index (χ4n) is 3.07. The van der Waals surface area contributed by atoms with Gasteiger partial charge in [0.05, 0.1) is 11.3 Å². The molecule has 0 saturated heterocycles. The number of rotatable bonds is 6. The Morgan fingerprint density at radius 1 is 1.26 bits per heavy atom. The summed E-state index contributed by atoms with van der Waals surface area (Å²) in [5.41, 5.74) is 6.83. The normalized spacial score (nSPS) is 20.5. The zero-order valence-electron chi connectivity index (χ0n) is 14.0. The first kappa shape index (κ1) is 17.5. The van der Waals surface area contributed by atoms with E-state index in [2.05, 4.69) is 10.6 Å². The molecule has 4 N–H and O–H groups in total. The van der Waals surface area contributed by atoms with Gasteiger partial charge in [-0.05, 0) is 43.4 Å². The molecule has 1 aliphatic carbocycles. The fourth-order valence-corrected chi connectivity index (χ4v) is 3.07. The first-order chi connectivity index (χ1) is 11.0. The summed E-state index contributed by atoms with van der Waals surface area (Å²) in [6.07, 6.45) is 2.91. The number of amides is 2. The predicted molar refractivity (Wildman–Crippen MR) is 92.1 cm³/mol. The van der Waals surface area contributed by atoms with Crippen LogP contribution in [0, 0.1) is 17.8 Å². The number of benzene rings is 1. The number of para-hydroxylation sites is 1. The monoisotopic (exact) mass is 317 g/mol. The summed E-state index contributed by atoms with van der Waals surface area (Å²) < 4.78 is 0. The van der Waals surface area contributed by atoms with Crippen molar-refractivity contribution in [2.45, 2.75) is 33.1 Å². The van der Waals surface area contributed by atoms with Crippen LogP contribution in [0.3, 0.4) is 0 Å². The topological polar surface area (TPSA) is 84.2 Å². The molecule has 0 aliphatic heterocycles. The van der Waals surface area contributed by atoms with Crippen molar-refractivity contribution >= 4 is 17.5 Å². The molecule has 5 nitrogen and oxygen atoms in total. The molecule has 1 aromatic carbocycles. The number of anilines is 1. The number of nitrogens with one attached hydrogen (secondary N) is 2. The minimum absolute atomic E-state index is 0.0259. The van der Waals surface area contributed by atoms with Crippen molar-refractivity contribution in [3.8, 4) is 0 Å². The third kappa shape index (κ3) is 4.55. The molecule has 0 radical (unpaired) electrons. The third-order valence-corrected chi connectivity index (χ3v) is 4.40. The summed E-state index contributed by atoms with van der Waals surface area (Å²) in [5, 5.41) is 5.82. The fraction of sp³-hybridized carbons (Fsp3) is 0.556. The predicted octanol–water partition coefficient (Wildman–Crippen LogP) is 2.39. The Balaban J connectivity index is 2.08. The van der Waals surface area contributed by atoms with Gasteiger partial charge in [-0.25, -0.2) is 0 Å². The van der Waals surface area contributed by atoms with Crippen molar-refractivity contribution in [1.82, 2.24) is 5.32 Å². The third-order valence-electron chi connectivity index (χ3n) is 4.40. The number of carbonyl (C=O) groups excluding carboxylic acids is 2. The number of hydrogen-bond acceptors (Lipinski definition) is 3. The zero-order chi connectivity index (χ0) is 16.8. The van der Waals surface area contributed by atoms with Gasteiger partial charge < -0.3 is 16.4 Å². The van der Waals surface area contributed by atoms with Crippen LogP contribution in [0.25, 0.3) is 0 Å². The molecule has 2 rings (SSSR count). The van der Waals surface area contributed by atoms with E-state index in [0.29, 0.717) is 30.3 Å². The quantitative estimate of drug-likeness (QED) is 0.753. The molecule has 2 atom stereocenters. The first-order valence-electron chi connectivity index (χ1n) is 8.41. The van der Waals surface area contributed by atoms with Gasteiger partial charge in [-0.2, -0.15) is 0 Å². The van der Waals surface area contributed by atoms with E-state index in [-0.39, 0.29) is 23.7 Å². The van der Waals surface area contributed by atoms with Gasteiger partial charge in [0.1, 0.15) is 0 Å². The van der Waals surface area contributed by atoms with Crippen LogP contribution in [0.2, 0.25) is 0 Å². The zero-order valence-corrected chi connectivity index (χ0v) is 14.0. The van der Waals surface area contributed by atoms with Crippen LogP contribution in [-0.4, -0.2) is 24.9 Å². The van der Waals surface area contributed by atoms with Crippen LogP contribution < -0.4 is 16.4 Å². The van der Waals surface area contributed by atoms with Gasteiger partial charge in [0.25, 0.3) is 5.91 Å². The number of hydrogen-bond donors (Lipinski definition) is 3. The molecule has 1 fully saturated rings. The molecule has 23 heavy (non-hydrogen) atoms. The van der Waals surface area contributed by atoms with E-state index in [1.807, 2.05) is 19.9 Å². The van der Waals surface area contributed by atoms with Gasteiger partial charge in [0, 0.05) is 12.5 Å². The molecule has 126 valence electrons. The Labute approximate surface area is 138 Å². The van der Waals surface area contributed by atoms with Gasteiger partial charge in [0.15, 0.2) is 0 Å². The van der Waals surface area contributed by atoms with Crippen LogP contribution in [0.4, 0.5) is 5.69 Å². The van der Waals surface area contributed by atoms with E-state index < -0.39 is 0 Å². The minimum Gasteiger partial charge on any atom is -0.352 e. The second-order valence-corrected chi connectivity index (χ2v) is 6.67. The van der Waals surface area contributed by atoms with Gasteiger partial charge in [0.2, 0.25) is 5.91 Å². The Bertz CT molecular complexity index is 557. The van der Waals surface area contributed by atoms with Crippen molar-refractivity contribution < 1.29 is 9.59 Å². The summed E-state index contributed by atoms with van der Waals surface area (Å²) in [6.45, 7) is 5.23. The molecule has 1 saturated carbocycles. The summed E-state index contributed by atoms with van der Waals surface area (Å²) in [7, 11) is 0. The molecule has 0 heterocycles. The highest BCUT2D eigenvalue weighted by atomic mass is 16.2. The lowest BCUT2D eigenvalue weighted by Gasteiger charge is -2.19. The van der Waals surface area contributed by atoms with Crippen molar-refractivity contribution in [1.29, 1.82) is 0 Å². The Morgan fingerprint density at radius 3 is 2.70 bits per heavy atom. The Hall–Kier alpha value is -1.88. The van der Waals surface area contributed by atoms with E-state index in [1.165, 1.54) is 0 Å². The van der Waals surface area contributed by atoms with Gasteiger partial charge in [-0.1, -0.05) is 32.4 Å². The van der Waals surface area contributed by atoms with Crippen LogP contribution in [0.1, 0.15) is 43.5 Å². The average molecular weight is 317 g/mol. The maximum absolute atomic E-state index is 12.5. The molecule has 0 spiro atoms. The number of carbonyl (C=O) groups is 2. The molecule has 0 bridgehead atoms. The van der Waals surface area contributed by atoms with Crippen LogP contribution in [-0.2, 0) is 4.79 Å². The lowest BCUT2D eigenvalue weighted by Crippen LogP contribution is -2.31. The highest BCUT2D eigenvalue weighted by Gasteiger charge is 2.32. The highest BCUT2D eigenvalue weighted by molar-refractivity contribution is 6.04. The van der Waals surface area contributed by atoms with E-state index in [9.17, 15) is 9.59 Å². The average Bonchev–Trinajstić information content (AvgIpc) is 3.01. The van der Waals surface area contributed by atoms with E-state index in [4.69, 9.17) is 5.73 Å². The summed E-state index contributed by atoms with van der Waals surface area (Å²) >= 11 is 0.